The Morgan fingerprint density at radius 2 is 1.75 bits per heavy atom. The molecule has 1 aromatic rings. The molecule has 0 radical (unpaired) electrons. The van der Waals surface area contributed by atoms with Crippen LogP contribution in [0.15, 0.2) is 22.7 Å². The SMILES string of the molecule is NCCCCOc1c(Cl)cc(OCC=C(Cl)Cl)cc1Cl. The molecule has 0 atom stereocenters. The molecule has 0 heterocycles. The van der Waals surface area contributed by atoms with E-state index in [4.69, 9.17) is 61.6 Å². The maximum atomic E-state index is 6.11. The van der Waals surface area contributed by atoms with Gasteiger partial charge in [0, 0.05) is 12.1 Å². The van der Waals surface area contributed by atoms with E-state index in [9.17, 15) is 0 Å². The maximum absolute atomic E-state index is 6.11. The Morgan fingerprint density at radius 3 is 2.30 bits per heavy atom. The molecule has 0 saturated carbocycles. The summed E-state index contributed by atoms with van der Waals surface area (Å²) in [4.78, 5) is 0. The van der Waals surface area contributed by atoms with Gasteiger partial charge in [-0.05, 0) is 25.5 Å². The average Bonchev–Trinajstić information content (AvgIpc) is 2.36. The van der Waals surface area contributed by atoms with Crippen molar-refractivity contribution >= 4 is 46.4 Å². The third kappa shape index (κ3) is 6.42. The lowest BCUT2D eigenvalue weighted by Crippen LogP contribution is -2.04. The Morgan fingerprint density at radius 1 is 1.10 bits per heavy atom. The molecule has 0 aliphatic rings. The molecule has 0 fully saturated rings. The van der Waals surface area contributed by atoms with E-state index >= 15 is 0 Å². The predicted molar refractivity (Wildman–Crippen MR) is 85.5 cm³/mol. The first kappa shape index (κ1) is 17.7. The van der Waals surface area contributed by atoms with E-state index in [2.05, 4.69) is 0 Å². The number of benzene rings is 1. The molecular formula is C13H15Cl4NO2. The van der Waals surface area contributed by atoms with Gasteiger partial charge in [0.1, 0.15) is 16.8 Å². The Balaban J connectivity index is 2.63. The van der Waals surface area contributed by atoms with Gasteiger partial charge in [0.05, 0.1) is 16.7 Å². The van der Waals surface area contributed by atoms with Crippen LogP contribution in [-0.2, 0) is 0 Å². The molecule has 1 rings (SSSR count). The number of ether oxygens (including phenoxy) is 2. The first-order chi connectivity index (χ1) is 9.54. The van der Waals surface area contributed by atoms with Crippen LogP contribution < -0.4 is 15.2 Å². The van der Waals surface area contributed by atoms with E-state index in [0.717, 1.165) is 12.8 Å². The van der Waals surface area contributed by atoms with Crippen LogP contribution >= 0.6 is 46.4 Å². The molecule has 0 aliphatic carbocycles. The number of nitrogens with two attached hydrogens (primary N) is 1. The molecule has 0 amide bonds. The highest BCUT2D eigenvalue weighted by Crippen LogP contribution is 2.37. The normalized spacial score (nSPS) is 10.2. The van der Waals surface area contributed by atoms with Gasteiger partial charge in [-0.2, -0.15) is 0 Å². The number of unbranched alkanes of at least 4 members (excludes halogenated alkanes) is 1. The summed E-state index contributed by atoms with van der Waals surface area (Å²) in [7, 11) is 0. The van der Waals surface area contributed by atoms with Crippen molar-refractivity contribution in [3.05, 3.63) is 32.7 Å². The van der Waals surface area contributed by atoms with Crippen LogP contribution in [0.4, 0.5) is 0 Å². The fourth-order valence-corrected chi connectivity index (χ4v) is 2.08. The van der Waals surface area contributed by atoms with Crippen LogP contribution in [0.3, 0.4) is 0 Å². The van der Waals surface area contributed by atoms with Crippen LogP contribution in [0.2, 0.25) is 10.0 Å². The van der Waals surface area contributed by atoms with Gasteiger partial charge in [-0.3, -0.25) is 0 Å². The minimum Gasteiger partial charge on any atom is -0.490 e. The van der Waals surface area contributed by atoms with Crippen molar-refractivity contribution in [2.45, 2.75) is 12.8 Å². The fraction of sp³-hybridized carbons (Fsp3) is 0.385. The highest BCUT2D eigenvalue weighted by molar-refractivity contribution is 6.55. The molecule has 3 nitrogen and oxygen atoms in total. The molecule has 20 heavy (non-hydrogen) atoms. The second-order valence-corrected chi connectivity index (χ2v) is 5.69. The van der Waals surface area contributed by atoms with Crippen LogP contribution in [0.1, 0.15) is 12.8 Å². The van der Waals surface area contributed by atoms with Gasteiger partial charge >= 0.3 is 0 Å². The van der Waals surface area contributed by atoms with Crippen LogP contribution in [0, 0.1) is 0 Å². The molecule has 0 bridgehead atoms. The summed E-state index contributed by atoms with van der Waals surface area (Å²) < 4.78 is 11.1. The maximum Gasteiger partial charge on any atom is 0.156 e. The van der Waals surface area contributed by atoms with Crippen molar-refractivity contribution in [2.75, 3.05) is 19.8 Å². The third-order valence-corrected chi connectivity index (χ3v) is 3.17. The Hall–Kier alpha value is -0.320. The molecular weight excluding hydrogens is 344 g/mol. The van der Waals surface area contributed by atoms with E-state index in [1.807, 2.05) is 0 Å². The number of rotatable bonds is 8. The summed E-state index contributed by atoms with van der Waals surface area (Å²) in [6, 6.07) is 3.25. The fourth-order valence-electron chi connectivity index (χ4n) is 1.38. The Bertz CT molecular complexity index is 439. The number of halogens is 4. The van der Waals surface area contributed by atoms with Gasteiger partial charge in [-0.15, -0.1) is 0 Å². The first-order valence-corrected chi connectivity index (χ1v) is 7.51. The van der Waals surface area contributed by atoms with Gasteiger partial charge in [0.2, 0.25) is 0 Å². The second-order valence-electron chi connectivity index (χ2n) is 3.87. The van der Waals surface area contributed by atoms with Crippen molar-refractivity contribution in [3.8, 4) is 11.5 Å². The lowest BCUT2D eigenvalue weighted by molar-refractivity contribution is 0.307. The molecule has 0 aliphatic heterocycles. The zero-order valence-electron chi connectivity index (χ0n) is 10.7. The third-order valence-electron chi connectivity index (χ3n) is 2.30. The highest BCUT2D eigenvalue weighted by Gasteiger charge is 2.10. The highest BCUT2D eigenvalue weighted by atomic mass is 35.5. The van der Waals surface area contributed by atoms with E-state index in [0.29, 0.717) is 34.7 Å². The number of hydrogen-bond donors (Lipinski definition) is 1. The summed E-state index contributed by atoms with van der Waals surface area (Å²) in [5.74, 6) is 0.962. The summed E-state index contributed by atoms with van der Waals surface area (Å²) >= 11 is 23.2. The summed E-state index contributed by atoms with van der Waals surface area (Å²) in [6.45, 7) is 1.38. The minimum atomic E-state index is 0.141. The van der Waals surface area contributed by atoms with Crippen molar-refractivity contribution in [2.24, 2.45) is 5.73 Å². The molecule has 7 heteroatoms. The lowest BCUT2D eigenvalue weighted by Gasteiger charge is -2.12. The van der Waals surface area contributed by atoms with E-state index in [1.54, 1.807) is 12.1 Å². The van der Waals surface area contributed by atoms with Crippen molar-refractivity contribution < 1.29 is 9.47 Å². The van der Waals surface area contributed by atoms with Crippen LogP contribution in [-0.4, -0.2) is 19.8 Å². The van der Waals surface area contributed by atoms with E-state index < -0.39 is 0 Å². The molecule has 0 aromatic heterocycles. The topological polar surface area (TPSA) is 44.5 Å². The van der Waals surface area contributed by atoms with E-state index in [1.165, 1.54) is 6.08 Å². The van der Waals surface area contributed by atoms with E-state index in [-0.39, 0.29) is 11.1 Å². The predicted octanol–water partition coefficient (Wildman–Crippen LogP) is 4.81. The first-order valence-electron chi connectivity index (χ1n) is 6.00. The molecule has 0 unspecified atom stereocenters. The molecule has 2 N–H and O–H groups in total. The quantitative estimate of drug-likeness (QED) is 0.678. The molecule has 1 aromatic carbocycles. The molecule has 0 spiro atoms. The van der Waals surface area contributed by atoms with Crippen molar-refractivity contribution in [1.29, 1.82) is 0 Å². The number of hydrogen-bond acceptors (Lipinski definition) is 3. The van der Waals surface area contributed by atoms with Crippen molar-refractivity contribution in [1.82, 2.24) is 0 Å². The second kappa shape index (κ2) is 9.59. The average molecular weight is 359 g/mol. The van der Waals surface area contributed by atoms with Crippen LogP contribution in [0.5, 0.6) is 11.5 Å². The molecule has 112 valence electrons. The van der Waals surface area contributed by atoms with Gasteiger partial charge < -0.3 is 15.2 Å². The lowest BCUT2D eigenvalue weighted by atomic mass is 10.3. The minimum absolute atomic E-state index is 0.141. The monoisotopic (exact) mass is 357 g/mol. The Kier molecular flexibility index (Phi) is 8.50. The smallest absolute Gasteiger partial charge is 0.156 e. The zero-order valence-corrected chi connectivity index (χ0v) is 13.7. The Labute approximate surface area is 138 Å². The molecule has 0 saturated heterocycles. The van der Waals surface area contributed by atoms with Gasteiger partial charge in [0.25, 0.3) is 0 Å². The largest absolute Gasteiger partial charge is 0.490 e. The van der Waals surface area contributed by atoms with Gasteiger partial charge in [-0.1, -0.05) is 46.4 Å². The summed E-state index contributed by atoms with van der Waals surface area (Å²) in [5, 5.41) is 0.780. The van der Waals surface area contributed by atoms with Gasteiger partial charge in [-0.25, -0.2) is 0 Å². The zero-order chi connectivity index (χ0) is 15.0. The van der Waals surface area contributed by atoms with Crippen LogP contribution in [0.25, 0.3) is 0 Å². The van der Waals surface area contributed by atoms with Crippen molar-refractivity contribution in [3.63, 3.8) is 0 Å². The van der Waals surface area contributed by atoms with Gasteiger partial charge in [0.15, 0.2) is 5.75 Å². The summed E-state index contributed by atoms with van der Waals surface area (Å²) in [6.07, 6.45) is 3.25. The standard InChI is InChI=1S/C13H15Cl4NO2/c14-10-7-9(19-6-3-12(16)17)8-11(15)13(10)20-5-2-1-4-18/h3,7-8H,1-2,4-6,18H2. The summed E-state index contributed by atoms with van der Waals surface area (Å²) in [5.41, 5.74) is 5.41.